The Hall–Kier alpha value is -1.29. The molecule has 1 rings (SSSR count). The van der Waals surface area contributed by atoms with Gasteiger partial charge in [0, 0.05) is 18.9 Å². The molecule has 0 spiro atoms. The molecule has 0 saturated heterocycles. The molecule has 0 bridgehead atoms. The zero-order chi connectivity index (χ0) is 13.9. The van der Waals surface area contributed by atoms with Gasteiger partial charge in [0.05, 0.1) is 12.9 Å². The van der Waals surface area contributed by atoms with Crippen molar-refractivity contribution in [2.75, 3.05) is 13.2 Å². The molecule has 1 aromatic rings. The lowest BCUT2D eigenvalue weighted by Gasteiger charge is -2.15. The standard InChI is InChI=1S/C15H25NO3/c1-2-3-4-5-7-13(15(18)16-9-10-17)12-14-8-6-11-19-14/h6,8,11,13,17H,2-5,7,9-10,12H2,1H3,(H,16,18). The van der Waals surface area contributed by atoms with Gasteiger partial charge in [0.25, 0.3) is 0 Å². The summed E-state index contributed by atoms with van der Waals surface area (Å²) in [7, 11) is 0. The molecule has 0 saturated carbocycles. The molecule has 0 aliphatic rings. The van der Waals surface area contributed by atoms with E-state index in [-0.39, 0.29) is 18.4 Å². The van der Waals surface area contributed by atoms with Crippen LogP contribution in [0.15, 0.2) is 22.8 Å². The van der Waals surface area contributed by atoms with Crippen LogP contribution in [0, 0.1) is 5.92 Å². The Balaban J connectivity index is 2.44. The van der Waals surface area contributed by atoms with E-state index in [9.17, 15) is 4.79 Å². The van der Waals surface area contributed by atoms with Crippen LogP contribution in [0.3, 0.4) is 0 Å². The molecule has 1 unspecified atom stereocenters. The number of rotatable bonds is 10. The zero-order valence-corrected chi connectivity index (χ0v) is 11.7. The van der Waals surface area contributed by atoms with Gasteiger partial charge < -0.3 is 14.8 Å². The van der Waals surface area contributed by atoms with Gasteiger partial charge in [-0.05, 0) is 18.6 Å². The SMILES string of the molecule is CCCCCCC(Cc1ccco1)C(=O)NCCO. The van der Waals surface area contributed by atoms with Crippen molar-refractivity contribution in [2.24, 2.45) is 5.92 Å². The summed E-state index contributed by atoms with van der Waals surface area (Å²) < 4.78 is 5.32. The first-order valence-electron chi connectivity index (χ1n) is 7.18. The van der Waals surface area contributed by atoms with Crippen LogP contribution >= 0.6 is 0 Å². The number of amides is 1. The Kier molecular flexibility index (Phi) is 7.98. The Morgan fingerprint density at radius 3 is 2.89 bits per heavy atom. The Bertz CT molecular complexity index is 335. The maximum Gasteiger partial charge on any atom is 0.223 e. The van der Waals surface area contributed by atoms with Gasteiger partial charge in [-0.1, -0.05) is 32.6 Å². The minimum atomic E-state index is -0.0606. The van der Waals surface area contributed by atoms with Crippen molar-refractivity contribution in [2.45, 2.75) is 45.4 Å². The number of unbranched alkanes of at least 4 members (excludes halogenated alkanes) is 3. The van der Waals surface area contributed by atoms with Gasteiger partial charge in [0.2, 0.25) is 5.91 Å². The molecule has 0 fully saturated rings. The van der Waals surface area contributed by atoms with Crippen molar-refractivity contribution in [3.8, 4) is 0 Å². The number of carbonyl (C=O) groups excluding carboxylic acids is 1. The van der Waals surface area contributed by atoms with E-state index >= 15 is 0 Å². The number of nitrogens with one attached hydrogen (secondary N) is 1. The highest BCUT2D eigenvalue weighted by Crippen LogP contribution is 2.17. The second-order valence-electron chi connectivity index (χ2n) is 4.84. The monoisotopic (exact) mass is 267 g/mol. The van der Waals surface area contributed by atoms with Crippen LogP contribution in [0.25, 0.3) is 0 Å². The average molecular weight is 267 g/mol. The van der Waals surface area contributed by atoms with E-state index in [0.29, 0.717) is 13.0 Å². The van der Waals surface area contributed by atoms with Crippen molar-refractivity contribution in [1.29, 1.82) is 0 Å². The summed E-state index contributed by atoms with van der Waals surface area (Å²) in [5.41, 5.74) is 0. The van der Waals surface area contributed by atoms with Gasteiger partial charge in [-0.2, -0.15) is 0 Å². The highest BCUT2D eigenvalue weighted by molar-refractivity contribution is 5.78. The van der Waals surface area contributed by atoms with E-state index in [0.717, 1.165) is 18.6 Å². The number of carbonyl (C=O) groups is 1. The number of furan rings is 1. The molecule has 4 heteroatoms. The molecular formula is C15H25NO3. The van der Waals surface area contributed by atoms with Crippen molar-refractivity contribution >= 4 is 5.91 Å². The maximum absolute atomic E-state index is 12.0. The molecule has 1 amide bonds. The lowest BCUT2D eigenvalue weighted by molar-refractivity contribution is -0.125. The molecule has 0 aliphatic heterocycles. The molecule has 1 atom stereocenters. The first kappa shape index (κ1) is 15.8. The van der Waals surface area contributed by atoms with Gasteiger partial charge in [-0.3, -0.25) is 4.79 Å². The van der Waals surface area contributed by atoms with Crippen molar-refractivity contribution in [3.05, 3.63) is 24.2 Å². The molecule has 108 valence electrons. The minimum Gasteiger partial charge on any atom is -0.469 e. The summed E-state index contributed by atoms with van der Waals surface area (Å²) in [4.78, 5) is 12.0. The molecule has 1 heterocycles. The summed E-state index contributed by atoms with van der Waals surface area (Å²) in [6.07, 6.45) is 7.78. The van der Waals surface area contributed by atoms with Crippen molar-refractivity contribution in [1.82, 2.24) is 5.32 Å². The van der Waals surface area contributed by atoms with Crippen LogP contribution < -0.4 is 5.32 Å². The van der Waals surface area contributed by atoms with E-state index in [4.69, 9.17) is 9.52 Å². The number of aliphatic hydroxyl groups is 1. The van der Waals surface area contributed by atoms with Crippen LogP contribution in [-0.4, -0.2) is 24.2 Å². The van der Waals surface area contributed by atoms with Gasteiger partial charge in [0.15, 0.2) is 0 Å². The number of aliphatic hydroxyl groups excluding tert-OH is 1. The predicted molar refractivity (Wildman–Crippen MR) is 74.8 cm³/mol. The normalized spacial score (nSPS) is 12.3. The quantitative estimate of drug-likeness (QED) is 0.640. The zero-order valence-electron chi connectivity index (χ0n) is 11.7. The van der Waals surface area contributed by atoms with Crippen LogP contribution in [0.2, 0.25) is 0 Å². The Morgan fingerprint density at radius 2 is 2.26 bits per heavy atom. The Labute approximate surface area is 115 Å². The highest BCUT2D eigenvalue weighted by Gasteiger charge is 2.19. The second kappa shape index (κ2) is 9.62. The maximum atomic E-state index is 12.0. The lowest BCUT2D eigenvalue weighted by atomic mass is 9.95. The summed E-state index contributed by atoms with van der Waals surface area (Å²) >= 11 is 0. The van der Waals surface area contributed by atoms with Crippen LogP contribution in [0.5, 0.6) is 0 Å². The van der Waals surface area contributed by atoms with E-state index in [2.05, 4.69) is 12.2 Å². The first-order chi connectivity index (χ1) is 9.27. The Morgan fingerprint density at radius 1 is 1.42 bits per heavy atom. The molecule has 0 aliphatic carbocycles. The predicted octanol–water partition coefficient (Wildman–Crippen LogP) is 2.52. The lowest BCUT2D eigenvalue weighted by Crippen LogP contribution is -2.33. The van der Waals surface area contributed by atoms with E-state index in [1.165, 1.54) is 19.3 Å². The van der Waals surface area contributed by atoms with Gasteiger partial charge in [-0.15, -0.1) is 0 Å². The van der Waals surface area contributed by atoms with Crippen molar-refractivity contribution < 1.29 is 14.3 Å². The van der Waals surface area contributed by atoms with Gasteiger partial charge >= 0.3 is 0 Å². The minimum absolute atomic E-state index is 0.0157. The largest absolute Gasteiger partial charge is 0.469 e. The van der Waals surface area contributed by atoms with Gasteiger partial charge in [-0.25, -0.2) is 0 Å². The number of hydrogen-bond donors (Lipinski definition) is 2. The number of hydrogen-bond acceptors (Lipinski definition) is 3. The van der Waals surface area contributed by atoms with E-state index in [1.54, 1.807) is 6.26 Å². The molecule has 0 aromatic carbocycles. The smallest absolute Gasteiger partial charge is 0.223 e. The van der Waals surface area contributed by atoms with Crippen LogP contribution in [-0.2, 0) is 11.2 Å². The fourth-order valence-electron chi connectivity index (χ4n) is 2.14. The van der Waals surface area contributed by atoms with E-state index < -0.39 is 0 Å². The highest BCUT2D eigenvalue weighted by atomic mass is 16.3. The molecule has 2 N–H and O–H groups in total. The van der Waals surface area contributed by atoms with Crippen molar-refractivity contribution in [3.63, 3.8) is 0 Å². The second-order valence-corrected chi connectivity index (χ2v) is 4.84. The van der Waals surface area contributed by atoms with Crippen LogP contribution in [0.4, 0.5) is 0 Å². The van der Waals surface area contributed by atoms with E-state index in [1.807, 2.05) is 12.1 Å². The third-order valence-electron chi connectivity index (χ3n) is 3.22. The molecule has 0 radical (unpaired) electrons. The molecule has 19 heavy (non-hydrogen) atoms. The molecule has 4 nitrogen and oxygen atoms in total. The summed E-state index contributed by atoms with van der Waals surface area (Å²) in [5.74, 6) is 0.802. The average Bonchev–Trinajstić information content (AvgIpc) is 2.92. The first-order valence-corrected chi connectivity index (χ1v) is 7.18. The fraction of sp³-hybridized carbons (Fsp3) is 0.667. The topological polar surface area (TPSA) is 62.5 Å². The molecular weight excluding hydrogens is 242 g/mol. The molecule has 1 aromatic heterocycles. The van der Waals surface area contributed by atoms with Gasteiger partial charge in [0.1, 0.15) is 5.76 Å². The summed E-state index contributed by atoms with van der Waals surface area (Å²) in [6, 6.07) is 3.74. The summed E-state index contributed by atoms with van der Waals surface area (Å²) in [5, 5.41) is 11.5. The third-order valence-corrected chi connectivity index (χ3v) is 3.22. The third kappa shape index (κ3) is 6.43. The fourth-order valence-corrected chi connectivity index (χ4v) is 2.14. The van der Waals surface area contributed by atoms with Crippen LogP contribution in [0.1, 0.15) is 44.8 Å². The summed E-state index contributed by atoms with van der Waals surface area (Å²) in [6.45, 7) is 2.48.